The van der Waals surface area contributed by atoms with Crippen molar-refractivity contribution in [2.24, 2.45) is 0 Å². The minimum atomic E-state index is -1.30. The summed E-state index contributed by atoms with van der Waals surface area (Å²) in [5.74, 6) is -1.77. The fraction of sp³-hybridized carbons (Fsp3) is 0.150. The number of imide groups is 1. The van der Waals surface area contributed by atoms with Crippen molar-refractivity contribution >= 4 is 28.7 Å². The van der Waals surface area contributed by atoms with Crippen molar-refractivity contribution in [1.29, 1.82) is 0 Å². The van der Waals surface area contributed by atoms with Crippen LogP contribution in [-0.4, -0.2) is 45.9 Å². The van der Waals surface area contributed by atoms with E-state index in [4.69, 9.17) is 4.74 Å². The number of aromatic nitrogens is 1. The number of ether oxygens (including phenoxy) is 1. The number of carbonyl (C=O) groups excluding carboxylic acids is 2. The molecular weight excluding hydrogens is 348 g/mol. The number of benzene rings is 2. The lowest BCUT2D eigenvalue weighted by molar-refractivity contribution is -0.141. The van der Waals surface area contributed by atoms with Crippen LogP contribution in [-0.2, 0) is 11.2 Å². The molecule has 3 aromatic rings. The van der Waals surface area contributed by atoms with Gasteiger partial charge in [-0.3, -0.25) is 14.5 Å². The Labute approximate surface area is 154 Å². The number of rotatable bonds is 5. The average molecular weight is 364 g/mol. The molecule has 0 fully saturated rings. The number of carboxylic acid groups (broad SMARTS) is 1. The van der Waals surface area contributed by atoms with Gasteiger partial charge in [0.15, 0.2) is 0 Å². The molecule has 2 heterocycles. The third-order valence-electron chi connectivity index (χ3n) is 4.81. The number of fused-ring (bicyclic) bond motifs is 2. The van der Waals surface area contributed by atoms with Crippen LogP contribution in [0.4, 0.5) is 0 Å². The molecule has 7 nitrogen and oxygen atoms in total. The van der Waals surface area contributed by atoms with Gasteiger partial charge >= 0.3 is 5.97 Å². The smallest absolute Gasteiger partial charge is 0.327 e. The average Bonchev–Trinajstić information content (AvgIpc) is 3.19. The van der Waals surface area contributed by atoms with E-state index in [2.05, 4.69) is 4.98 Å². The van der Waals surface area contributed by atoms with E-state index < -0.39 is 23.8 Å². The van der Waals surface area contributed by atoms with Gasteiger partial charge in [-0.15, -0.1) is 0 Å². The lowest BCUT2D eigenvalue weighted by atomic mass is 10.0. The first-order valence-corrected chi connectivity index (χ1v) is 8.35. The van der Waals surface area contributed by atoms with Crippen LogP contribution in [0.5, 0.6) is 5.75 Å². The second kappa shape index (κ2) is 6.28. The lowest BCUT2D eigenvalue weighted by Gasteiger charge is -2.22. The molecule has 27 heavy (non-hydrogen) atoms. The van der Waals surface area contributed by atoms with Gasteiger partial charge in [0.1, 0.15) is 11.8 Å². The van der Waals surface area contributed by atoms with Gasteiger partial charge in [0.2, 0.25) is 0 Å². The minimum absolute atomic E-state index is 0.00598. The number of H-pyrrole nitrogens is 1. The number of nitrogens with zero attached hydrogens (tertiary/aromatic N) is 1. The third-order valence-corrected chi connectivity index (χ3v) is 4.81. The molecule has 1 aliphatic heterocycles. The van der Waals surface area contributed by atoms with Crippen LogP contribution in [0.2, 0.25) is 0 Å². The Morgan fingerprint density at radius 1 is 1.15 bits per heavy atom. The van der Waals surface area contributed by atoms with Crippen LogP contribution >= 0.6 is 0 Å². The van der Waals surface area contributed by atoms with Gasteiger partial charge in [-0.05, 0) is 35.9 Å². The minimum Gasteiger partial charge on any atom is -0.497 e. The standard InChI is InChI=1S/C20H16N2O5/c1-27-12-6-7-16-15(9-12)11(10-21-16)8-17(20(25)26)22-18(23)13-4-2-3-5-14(13)19(22)24/h2-7,9-10,17,21H,8H2,1H3,(H,25,26). The van der Waals surface area contributed by atoms with Gasteiger partial charge in [0, 0.05) is 23.5 Å². The molecular formula is C20H16N2O5. The largest absolute Gasteiger partial charge is 0.497 e. The van der Waals surface area contributed by atoms with E-state index in [-0.39, 0.29) is 17.5 Å². The first-order chi connectivity index (χ1) is 13.0. The maximum Gasteiger partial charge on any atom is 0.327 e. The summed E-state index contributed by atoms with van der Waals surface area (Å²) >= 11 is 0. The number of aromatic amines is 1. The van der Waals surface area contributed by atoms with Crippen molar-refractivity contribution in [3.05, 3.63) is 65.4 Å². The van der Waals surface area contributed by atoms with Gasteiger partial charge in [-0.2, -0.15) is 0 Å². The molecule has 7 heteroatoms. The second-order valence-electron chi connectivity index (χ2n) is 6.31. The Morgan fingerprint density at radius 3 is 2.41 bits per heavy atom. The van der Waals surface area contributed by atoms with Crippen LogP contribution in [0.3, 0.4) is 0 Å². The highest BCUT2D eigenvalue weighted by Crippen LogP contribution is 2.29. The first kappa shape index (κ1) is 16.8. The summed E-state index contributed by atoms with van der Waals surface area (Å²) < 4.78 is 5.23. The van der Waals surface area contributed by atoms with Gasteiger partial charge in [-0.1, -0.05) is 12.1 Å². The van der Waals surface area contributed by atoms with Gasteiger partial charge in [-0.25, -0.2) is 4.79 Å². The summed E-state index contributed by atoms with van der Waals surface area (Å²) in [7, 11) is 1.55. The molecule has 0 saturated heterocycles. The molecule has 0 bridgehead atoms. The summed E-state index contributed by atoms with van der Waals surface area (Å²) in [5, 5.41) is 10.5. The summed E-state index contributed by atoms with van der Waals surface area (Å²) in [6.07, 6.45) is 1.69. The zero-order chi connectivity index (χ0) is 19.1. The van der Waals surface area contributed by atoms with Crippen molar-refractivity contribution in [3.63, 3.8) is 0 Å². The van der Waals surface area contributed by atoms with E-state index in [1.165, 1.54) is 12.1 Å². The van der Waals surface area contributed by atoms with Crippen LogP contribution in [0.25, 0.3) is 10.9 Å². The number of amides is 2. The number of aliphatic carboxylic acids is 1. The molecule has 2 amide bonds. The predicted molar refractivity (Wildman–Crippen MR) is 96.9 cm³/mol. The SMILES string of the molecule is COc1ccc2[nH]cc(CC(C(=O)O)N3C(=O)c4ccccc4C3=O)c2c1. The van der Waals surface area contributed by atoms with E-state index in [1.807, 2.05) is 6.07 Å². The van der Waals surface area contributed by atoms with E-state index in [0.717, 1.165) is 15.8 Å². The Bertz CT molecular complexity index is 1050. The third kappa shape index (κ3) is 2.64. The highest BCUT2D eigenvalue weighted by molar-refractivity contribution is 6.22. The van der Waals surface area contributed by atoms with E-state index in [9.17, 15) is 19.5 Å². The van der Waals surface area contributed by atoms with Crippen molar-refractivity contribution in [1.82, 2.24) is 9.88 Å². The molecule has 0 radical (unpaired) electrons. The summed E-state index contributed by atoms with van der Waals surface area (Å²) in [5.41, 5.74) is 1.97. The van der Waals surface area contributed by atoms with E-state index >= 15 is 0 Å². The van der Waals surface area contributed by atoms with Crippen LogP contribution in [0, 0.1) is 0 Å². The predicted octanol–water partition coefficient (Wildman–Crippen LogP) is 2.47. The van der Waals surface area contributed by atoms with Crippen molar-refractivity contribution < 1.29 is 24.2 Å². The Kier molecular flexibility index (Phi) is 3.92. The molecule has 1 unspecified atom stereocenters. The summed E-state index contributed by atoms with van der Waals surface area (Å²) in [6, 6.07) is 10.5. The van der Waals surface area contributed by atoms with Crippen LogP contribution < -0.4 is 4.74 Å². The number of carbonyl (C=O) groups is 3. The fourth-order valence-electron chi connectivity index (χ4n) is 3.44. The Morgan fingerprint density at radius 2 is 1.81 bits per heavy atom. The summed E-state index contributed by atoms with van der Waals surface area (Å²) in [4.78, 5) is 41.2. The number of hydrogen-bond donors (Lipinski definition) is 2. The molecule has 4 rings (SSSR count). The van der Waals surface area contributed by atoms with Crippen LogP contribution in [0.1, 0.15) is 26.3 Å². The highest BCUT2D eigenvalue weighted by atomic mass is 16.5. The molecule has 0 aliphatic carbocycles. The number of nitrogens with one attached hydrogen (secondary N) is 1. The monoisotopic (exact) mass is 364 g/mol. The van der Waals surface area contributed by atoms with Crippen LogP contribution in [0.15, 0.2) is 48.7 Å². The quantitative estimate of drug-likeness (QED) is 0.678. The normalized spacial score (nSPS) is 14.5. The Hall–Kier alpha value is -3.61. The number of carboxylic acids is 1. The van der Waals surface area contributed by atoms with Gasteiger partial charge in [0.25, 0.3) is 11.8 Å². The number of methoxy groups -OCH3 is 1. The van der Waals surface area contributed by atoms with E-state index in [0.29, 0.717) is 11.3 Å². The maximum atomic E-state index is 12.7. The Balaban J connectivity index is 1.72. The van der Waals surface area contributed by atoms with E-state index in [1.54, 1.807) is 37.6 Å². The van der Waals surface area contributed by atoms with Gasteiger partial charge < -0.3 is 14.8 Å². The molecule has 1 aromatic heterocycles. The topological polar surface area (TPSA) is 99.7 Å². The zero-order valence-corrected chi connectivity index (χ0v) is 14.4. The second-order valence-corrected chi connectivity index (χ2v) is 6.31. The first-order valence-electron chi connectivity index (χ1n) is 8.35. The highest BCUT2D eigenvalue weighted by Gasteiger charge is 2.42. The lowest BCUT2D eigenvalue weighted by Crippen LogP contribution is -2.46. The fourth-order valence-corrected chi connectivity index (χ4v) is 3.44. The summed E-state index contributed by atoms with van der Waals surface area (Å²) in [6.45, 7) is 0. The van der Waals surface area contributed by atoms with Crippen molar-refractivity contribution in [2.75, 3.05) is 7.11 Å². The van der Waals surface area contributed by atoms with Crippen molar-refractivity contribution in [2.45, 2.75) is 12.5 Å². The molecule has 2 aromatic carbocycles. The molecule has 2 N–H and O–H groups in total. The van der Waals surface area contributed by atoms with Gasteiger partial charge in [0.05, 0.1) is 18.2 Å². The molecule has 0 saturated carbocycles. The molecule has 1 aliphatic rings. The number of hydrogen-bond acceptors (Lipinski definition) is 4. The molecule has 136 valence electrons. The molecule has 1 atom stereocenters. The maximum absolute atomic E-state index is 12.7. The van der Waals surface area contributed by atoms with Crippen molar-refractivity contribution in [3.8, 4) is 5.75 Å². The zero-order valence-electron chi connectivity index (χ0n) is 14.4. The molecule has 0 spiro atoms.